The van der Waals surface area contributed by atoms with Crippen molar-refractivity contribution in [2.24, 2.45) is 0 Å². The number of nitrogens with one attached hydrogen (secondary N) is 1. The quantitative estimate of drug-likeness (QED) is 0.483. The molecule has 5 rings (SSSR count). The van der Waals surface area contributed by atoms with Crippen molar-refractivity contribution in [1.29, 1.82) is 0 Å². The van der Waals surface area contributed by atoms with Crippen LogP contribution in [0.25, 0.3) is 16.6 Å². The Kier molecular flexibility index (Phi) is 3.84. The average molecular weight is 421 g/mol. The molecule has 4 aromatic rings. The number of ketones is 1. The van der Waals surface area contributed by atoms with E-state index >= 15 is 0 Å². The fraction of sp³-hybridized carbons (Fsp3) is 0. The molecular weight excluding hydrogens is 409 g/mol. The van der Waals surface area contributed by atoms with Crippen LogP contribution in [0.5, 0.6) is 0 Å². The van der Waals surface area contributed by atoms with Crippen molar-refractivity contribution in [3.63, 3.8) is 0 Å². The normalized spacial score (nSPS) is 12.6. The zero-order chi connectivity index (χ0) is 21.0. The van der Waals surface area contributed by atoms with Gasteiger partial charge in [-0.25, -0.2) is 17.8 Å². The average Bonchev–Trinajstić information content (AvgIpc) is 3.01. The van der Waals surface area contributed by atoms with Crippen LogP contribution in [-0.2, 0) is 10.0 Å². The molecule has 1 N–H and O–H groups in total. The molecule has 1 aliphatic heterocycles. The maximum Gasteiger partial charge on any atom is 0.266 e. The zero-order valence-electron chi connectivity index (χ0n) is 15.2. The number of hydrogen-bond donors (Lipinski definition) is 1. The predicted octanol–water partition coefficient (Wildman–Crippen LogP) is 2.87. The summed E-state index contributed by atoms with van der Waals surface area (Å²) >= 11 is 0. The minimum absolute atomic E-state index is 0.00777. The lowest BCUT2D eigenvalue weighted by Gasteiger charge is -2.10. The van der Waals surface area contributed by atoms with Gasteiger partial charge >= 0.3 is 0 Å². The van der Waals surface area contributed by atoms with E-state index in [0.29, 0.717) is 11.3 Å². The summed E-state index contributed by atoms with van der Waals surface area (Å²) in [7, 11) is -4.20. The summed E-state index contributed by atoms with van der Waals surface area (Å²) in [6.07, 6.45) is 0. The van der Waals surface area contributed by atoms with E-state index in [0.717, 1.165) is 12.1 Å². The Morgan fingerprint density at radius 1 is 0.933 bits per heavy atom. The van der Waals surface area contributed by atoms with Gasteiger partial charge in [-0.15, -0.1) is 0 Å². The number of carbonyl (C=O) groups excluding carboxylic acids is 1. The van der Waals surface area contributed by atoms with Crippen LogP contribution in [0.1, 0.15) is 16.2 Å². The fourth-order valence-electron chi connectivity index (χ4n) is 3.48. The van der Waals surface area contributed by atoms with E-state index in [1.165, 1.54) is 34.9 Å². The number of halogens is 1. The number of para-hydroxylation sites is 1. The standard InChI is InChI=1S/C21H12FN3O4S/c22-15-6-2-4-8-18(15)30(28,29)24-12-9-10-16-14(11-12)21(27)25-17-7-3-1-5-13(17)19(26)20(25)23-16/h1-11,24H. The second kappa shape index (κ2) is 6.33. The number of fused-ring (bicyclic) bond motifs is 4. The van der Waals surface area contributed by atoms with E-state index < -0.39 is 26.3 Å². The molecule has 148 valence electrons. The van der Waals surface area contributed by atoms with Gasteiger partial charge in [-0.2, -0.15) is 0 Å². The number of sulfonamides is 1. The largest absolute Gasteiger partial charge is 0.285 e. The first-order chi connectivity index (χ1) is 14.4. The topological polar surface area (TPSA) is 98.1 Å². The van der Waals surface area contributed by atoms with Gasteiger partial charge in [0.25, 0.3) is 15.6 Å². The van der Waals surface area contributed by atoms with Crippen LogP contribution in [0.3, 0.4) is 0 Å². The first-order valence-electron chi connectivity index (χ1n) is 8.85. The lowest BCUT2D eigenvalue weighted by atomic mass is 10.1. The molecule has 9 heteroatoms. The van der Waals surface area contributed by atoms with Crippen LogP contribution in [0.15, 0.2) is 76.4 Å². The van der Waals surface area contributed by atoms with Crippen molar-refractivity contribution in [2.45, 2.75) is 4.90 Å². The number of aromatic nitrogens is 2. The van der Waals surface area contributed by atoms with Crippen molar-refractivity contribution in [2.75, 3.05) is 4.72 Å². The number of nitrogens with zero attached hydrogens (tertiary/aromatic N) is 2. The van der Waals surface area contributed by atoms with Crippen LogP contribution < -0.4 is 10.3 Å². The smallest absolute Gasteiger partial charge is 0.266 e. The van der Waals surface area contributed by atoms with Crippen molar-refractivity contribution >= 4 is 32.4 Å². The first kappa shape index (κ1) is 18.2. The van der Waals surface area contributed by atoms with E-state index in [-0.39, 0.29) is 28.2 Å². The summed E-state index contributed by atoms with van der Waals surface area (Å²) in [4.78, 5) is 29.5. The van der Waals surface area contributed by atoms with Crippen LogP contribution >= 0.6 is 0 Å². The third-order valence-corrected chi connectivity index (χ3v) is 6.25. The zero-order valence-corrected chi connectivity index (χ0v) is 16.0. The van der Waals surface area contributed by atoms with Crippen LogP contribution in [-0.4, -0.2) is 23.8 Å². The molecule has 1 aromatic heterocycles. The van der Waals surface area contributed by atoms with Gasteiger partial charge in [0, 0.05) is 5.69 Å². The molecule has 0 unspecified atom stereocenters. The van der Waals surface area contributed by atoms with E-state index in [9.17, 15) is 22.4 Å². The van der Waals surface area contributed by atoms with Crippen molar-refractivity contribution in [3.05, 3.63) is 94.3 Å². The lowest BCUT2D eigenvalue weighted by Crippen LogP contribution is -2.22. The van der Waals surface area contributed by atoms with Crippen LogP contribution in [0.4, 0.5) is 10.1 Å². The van der Waals surface area contributed by atoms with E-state index in [2.05, 4.69) is 9.71 Å². The third-order valence-electron chi connectivity index (χ3n) is 4.84. The molecule has 30 heavy (non-hydrogen) atoms. The number of anilines is 1. The molecule has 0 saturated carbocycles. The van der Waals surface area contributed by atoms with Gasteiger partial charge in [0.2, 0.25) is 5.78 Å². The number of carbonyl (C=O) groups is 1. The van der Waals surface area contributed by atoms with Gasteiger partial charge in [0.05, 0.1) is 22.2 Å². The number of hydrogen-bond acceptors (Lipinski definition) is 5. The van der Waals surface area contributed by atoms with Gasteiger partial charge in [0.1, 0.15) is 10.7 Å². The van der Waals surface area contributed by atoms with Gasteiger partial charge in [-0.05, 0) is 42.5 Å². The minimum Gasteiger partial charge on any atom is -0.285 e. The Labute approximate surface area is 169 Å². The molecule has 0 atom stereocenters. The van der Waals surface area contributed by atoms with Crippen molar-refractivity contribution < 1.29 is 17.6 Å². The lowest BCUT2D eigenvalue weighted by molar-refractivity contribution is 0.103. The highest BCUT2D eigenvalue weighted by molar-refractivity contribution is 7.92. The van der Waals surface area contributed by atoms with Crippen LogP contribution in [0.2, 0.25) is 0 Å². The summed E-state index contributed by atoms with van der Waals surface area (Å²) in [5.74, 6) is -1.23. The Hall–Kier alpha value is -3.85. The summed E-state index contributed by atoms with van der Waals surface area (Å²) in [5.41, 5.74) is 0.622. The first-order valence-corrected chi connectivity index (χ1v) is 10.3. The van der Waals surface area contributed by atoms with Crippen LogP contribution in [0, 0.1) is 5.82 Å². The summed E-state index contributed by atoms with van der Waals surface area (Å²) in [6.45, 7) is 0. The Bertz CT molecular complexity index is 1540. The third kappa shape index (κ3) is 2.63. The molecule has 3 aromatic carbocycles. The SMILES string of the molecule is O=C1c2ccccc2-n2c1nc1ccc(NS(=O)(=O)c3ccccc3F)cc1c2=O. The molecule has 0 saturated heterocycles. The molecule has 0 amide bonds. The molecular formula is C21H12FN3O4S. The second-order valence-electron chi connectivity index (χ2n) is 6.69. The highest BCUT2D eigenvalue weighted by atomic mass is 32.2. The van der Waals surface area contributed by atoms with E-state index in [4.69, 9.17) is 0 Å². The molecule has 0 bridgehead atoms. The molecule has 0 spiro atoms. The Morgan fingerprint density at radius 3 is 2.47 bits per heavy atom. The van der Waals surface area contributed by atoms with Crippen molar-refractivity contribution in [3.8, 4) is 5.69 Å². The molecule has 7 nitrogen and oxygen atoms in total. The van der Waals surface area contributed by atoms with Crippen molar-refractivity contribution in [1.82, 2.24) is 9.55 Å². The summed E-state index contributed by atoms with van der Waals surface area (Å²) < 4.78 is 42.5. The second-order valence-corrected chi connectivity index (χ2v) is 8.34. The molecule has 1 aliphatic rings. The van der Waals surface area contributed by atoms with E-state index in [1.807, 2.05) is 0 Å². The molecule has 0 fully saturated rings. The van der Waals surface area contributed by atoms with Gasteiger partial charge in [-0.1, -0.05) is 24.3 Å². The van der Waals surface area contributed by atoms with E-state index in [1.54, 1.807) is 24.3 Å². The monoisotopic (exact) mass is 421 g/mol. The Morgan fingerprint density at radius 2 is 1.67 bits per heavy atom. The molecule has 0 radical (unpaired) electrons. The number of rotatable bonds is 3. The number of benzene rings is 3. The summed E-state index contributed by atoms with van der Waals surface area (Å²) in [5, 5.41) is 0.122. The fourth-order valence-corrected chi connectivity index (χ4v) is 4.61. The predicted molar refractivity (Wildman–Crippen MR) is 108 cm³/mol. The summed E-state index contributed by atoms with van der Waals surface area (Å²) in [6, 6.07) is 15.8. The maximum absolute atomic E-state index is 13.9. The molecule has 2 heterocycles. The van der Waals surface area contributed by atoms with Gasteiger partial charge in [-0.3, -0.25) is 18.9 Å². The minimum atomic E-state index is -4.20. The molecule has 0 aliphatic carbocycles. The Balaban J connectivity index is 1.65. The highest BCUT2D eigenvalue weighted by Gasteiger charge is 2.30. The highest BCUT2D eigenvalue weighted by Crippen LogP contribution is 2.27. The van der Waals surface area contributed by atoms with Gasteiger partial charge in [0.15, 0.2) is 5.82 Å². The maximum atomic E-state index is 13.9. The van der Waals surface area contributed by atoms with Gasteiger partial charge < -0.3 is 0 Å².